The van der Waals surface area contributed by atoms with Crippen molar-refractivity contribution >= 4 is 52.3 Å². The highest BCUT2D eigenvalue weighted by atomic mass is 35.5. The molecule has 2 N–H and O–H groups in total. The molecule has 0 saturated heterocycles. The molecule has 0 spiro atoms. The summed E-state index contributed by atoms with van der Waals surface area (Å²) in [4.78, 5) is 8.32. The van der Waals surface area contributed by atoms with Gasteiger partial charge in [0, 0.05) is 28.8 Å². The molecule has 1 heterocycles. The van der Waals surface area contributed by atoms with Crippen LogP contribution in [0.1, 0.15) is 19.0 Å². The molecule has 1 aromatic heterocycles. The normalized spacial score (nSPS) is 11.2. The Bertz CT molecular complexity index is 717. The number of hydrogen-bond donors (Lipinski definition) is 2. The Balaban J connectivity index is 1.90. The van der Waals surface area contributed by atoms with Crippen LogP contribution in [-0.2, 0) is 6.42 Å². The minimum atomic E-state index is 0.576. The Morgan fingerprint density at radius 3 is 2.62 bits per heavy atom. The van der Waals surface area contributed by atoms with Gasteiger partial charge >= 0.3 is 0 Å². The monoisotopic (exact) mass is 380 g/mol. The van der Waals surface area contributed by atoms with E-state index < -0.39 is 0 Å². The highest BCUT2D eigenvalue weighted by Gasteiger charge is 2.07. The van der Waals surface area contributed by atoms with E-state index in [1.54, 1.807) is 5.37 Å². The van der Waals surface area contributed by atoms with E-state index in [1.165, 1.54) is 6.33 Å². The SMILES string of the molecule is CCc1ncnc(NCC/C(C=S)=C/Nc2ccc(Cl)cc2)c1Cl. The minimum absolute atomic E-state index is 0.576. The smallest absolute Gasteiger partial charge is 0.148 e. The third-order valence-electron chi connectivity index (χ3n) is 3.32. The van der Waals surface area contributed by atoms with Crippen LogP contribution < -0.4 is 10.6 Å². The van der Waals surface area contributed by atoms with Gasteiger partial charge in [-0.2, -0.15) is 0 Å². The van der Waals surface area contributed by atoms with Gasteiger partial charge in [0.1, 0.15) is 17.2 Å². The number of nitrogens with one attached hydrogen (secondary N) is 2. The van der Waals surface area contributed by atoms with E-state index in [0.717, 1.165) is 29.8 Å². The summed E-state index contributed by atoms with van der Waals surface area (Å²) in [7, 11) is 0. The van der Waals surface area contributed by atoms with Crippen molar-refractivity contribution in [3.8, 4) is 0 Å². The lowest BCUT2D eigenvalue weighted by molar-refractivity contribution is 0.974. The zero-order valence-corrected chi connectivity index (χ0v) is 15.5. The highest BCUT2D eigenvalue weighted by Crippen LogP contribution is 2.22. The van der Waals surface area contributed by atoms with Crippen LogP contribution in [0.4, 0.5) is 11.5 Å². The average molecular weight is 381 g/mol. The molecule has 0 aliphatic heterocycles. The van der Waals surface area contributed by atoms with E-state index in [0.29, 0.717) is 22.4 Å². The Labute approximate surface area is 157 Å². The third kappa shape index (κ3) is 5.44. The molecule has 0 aliphatic carbocycles. The van der Waals surface area contributed by atoms with Gasteiger partial charge in [-0.3, -0.25) is 0 Å². The molecule has 4 nitrogen and oxygen atoms in total. The molecular weight excluding hydrogens is 363 g/mol. The van der Waals surface area contributed by atoms with Gasteiger partial charge in [-0.05, 0) is 42.7 Å². The first-order valence-corrected chi connectivity index (χ1v) is 8.76. The Kier molecular flexibility index (Phi) is 7.43. The summed E-state index contributed by atoms with van der Waals surface area (Å²) in [5.41, 5.74) is 2.78. The Hall–Kier alpha value is -1.69. The molecule has 2 aromatic rings. The minimum Gasteiger partial charge on any atom is -0.368 e. The van der Waals surface area contributed by atoms with Crippen molar-refractivity contribution in [3.05, 3.63) is 58.1 Å². The summed E-state index contributed by atoms with van der Waals surface area (Å²) in [6.07, 6.45) is 4.92. The number of aryl methyl sites for hydroxylation is 1. The van der Waals surface area contributed by atoms with Crippen LogP contribution in [0, 0.1) is 0 Å². The van der Waals surface area contributed by atoms with Crippen LogP contribution in [-0.4, -0.2) is 21.9 Å². The third-order valence-corrected chi connectivity index (χ3v) is 4.27. The fourth-order valence-corrected chi connectivity index (χ4v) is 2.60. The summed E-state index contributed by atoms with van der Waals surface area (Å²) in [5.74, 6) is 0.651. The average Bonchev–Trinajstić information content (AvgIpc) is 2.60. The van der Waals surface area contributed by atoms with Crippen molar-refractivity contribution in [2.75, 3.05) is 17.2 Å². The first kappa shape index (κ1) is 18.6. The van der Waals surface area contributed by atoms with Gasteiger partial charge in [0.2, 0.25) is 0 Å². The Morgan fingerprint density at radius 2 is 1.96 bits per heavy atom. The van der Waals surface area contributed by atoms with Crippen LogP contribution in [0.2, 0.25) is 10.0 Å². The second kappa shape index (κ2) is 9.57. The number of nitrogens with zero attached hydrogens (tertiary/aromatic N) is 2. The summed E-state index contributed by atoms with van der Waals surface area (Å²) in [5, 5.41) is 9.36. The topological polar surface area (TPSA) is 49.8 Å². The van der Waals surface area contributed by atoms with Gasteiger partial charge < -0.3 is 10.6 Å². The van der Waals surface area contributed by atoms with Crippen LogP contribution in [0.5, 0.6) is 0 Å². The predicted octanol–water partition coefficient (Wildman–Crippen LogP) is 5.14. The molecule has 0 bridgehead atoms. The summed E-state index contributed by atoms with van der Waals surface area (Å²) in [6.45, 7) is 2.68. The number of aromatic nitrogens is 2. The van der Waals surface area contributed by atoms with Crippen molar-refractivity contribution < 1.29 is 0 Å². The summed E-state index contributed by atoms with van der Waals surface area (Å²) < 4.78 is 0. The molecule has 0 saturated carbocycles. The molecule has 126 valence electrons. The lowest BCUT2D eigenvalue weighted by Crippen LogP contribution is -2.07. The maximum absolute atomic E-state index is 6.26. The highest BCUT2D eigenvalue weighted by molar-refractivity contribution is 7.79. The molecule has 0 fully saturated rings. The van der Waals surface area contributed by atoms with Crippen molar-refractivity contribution in [1.29, 1.82) is 0 Å². The number of thiocarbonyl (C=S) groups is 1. The largest absolute Gasteiger partial charge is 0.368 e. The standard InChI is InChI=1S/C17H18Cl2N4S/c1-2-15-16(19)17(23-11-22-15)20-8-7-12(10-24)9-21-14-5-3-13(18)4-6-14/h3-6,9-11,21H,2,7-8H2,1H3,(H,20,22,23)/b12-9-. The number of anilines is 2. The van der Waals surface area contributed by atoms with E-state index in [1.807, 2.05) is 37.4 Å². The molecular formula is C17H18Cl2N4S. The van der Waals surface area contributed by atoms with Gasteiger partial charge in [-0.25, -0.2) is 9.97 Å². The second-order valence-corrected chi connectivity index (χ2v) is 6.05. The maximum atomic E-state index is 6.26. The first-order chi connectivity index (χ1) is 11.6. The summed E-state index contributed by atoms with van der Waals surface area (Å²) >= 11 is 17.2. The zero-order chi connectivity index (χ0) is 17.4. The lowest BCUT2D eigenvalue weighted by Gasteiger charge is -2.09. The Morgan fingerprint density at radius 1 is 1.21 bits per heavy atom. The van der Waals surface area contributed by atoms with Crippen LogP contribution in [0.25, 0.3) is 0 Å². The lowest BCUT2D eigenvalue weighted by atomic mass is 10.2. The molecule has 0 aliphatic rings. The van der Waals surface area contributed by atoms with Crippen molar-refractivity contribution in [2.24, 2.45) is 0 Å². The van der Waals surface area contributed by atoms with E-state index in [9.17, 15) is 0 Å². The second-order valence-electron chi connectivity index (χ2n) is 5.00. The number of rotatable bonds is 8. The molecule has 2 rings (SSSR count). The molecule has 0 unspecified atom stereocenters. The van der Waals surface area contributed by atoms with Gasteiger partial charge in [0.05, 0.1) is 5.69 Å². The molecule has 1 aromatic carbocycles. The quantitative estimate of drug-likeness (QED) is 0.490. The van der Waals surface area contributed by atoms with Crippen LogP contribution >= 0.6 is 35.4 Å². The van der Waals surface area contributed by atoms with E-state index >= 15 is 0 Å². The van der Waals surface area contributed by atoms with Gasteiger partial charge in [-0.1, -0.05) is 42.3 Å². The number of halogens is 2. The van der Waals surface area contributed by atoms with Gasteiger partial charge in [0.25, 0.3) is 0 Å². The fraction of sp³-hybridized carbons (Fsp3) is 0.235. The summed E-state index contributed by atoms with van der Waals surface area (Å²) in [6, 6.07) is 7.48. The molecule has 0 radical (unpaired) electrons. The molecule has 24 heavy (non-hydrogen) atoms. The van der Waals surface area contributed by atoms with E-state index in [-0.39, 0.29) is 0 Å². The van der Waals surface area contributed by atoms with Crippen LogP contribution in [0.15, 0.2) is 42.4 Å². The number of benzene rings is 1. The van der Waals surface area contributed by atoms with Crippen molar-refractivity contribution in [3.63, 3.8) is 0 Å². The predicted molar refractivity (Wildman–Crippen MR) is 106 cm³/mol. The van der Waals surface area contributed by atoms with E-state index in [2.05, 4.69) is 20.6 Å². The maximum Gasteiger partial charge on any atom is 0.148 e. The van der Waals surface area contributed by atoms with Crippen LogP contribution in [0.3, 0.4) is 0 Å². The number of hydrogen-bond acceptors (Lipinski definition) is 5. The first-order valence-electron chi connectivity index (χ1n) is 7.53. The fourth-order valence-electron chi connectivity index (χ4n) is 1.99. The molecule has 7 heteroatoms. The molecule has 0 atom stereocenters. The zero-order valence-electron chi connectivity index (χ0n) is 13.2. The van der Waals surface area contributed by atoms with Gasteiger partial charge in [0.15, 0.2) is 0 Å². The van der Waals surface area contributed by atoms with Crippen molar-refractivity contribution in [2.45, 2.75) is 19.8 Å². The molecule has 0 amide bonds. The van der Waals surface area contributed by atoms with Crippen molar-refractivity contribution in [1.82, 2.24) is 9.97 Å². The van der Waals surface area contributed by atoms with E-state index in [4.69, 9.17) is 35.4 Å². The van der Waals surface area contributed by atoms with Gasteiger partial charge in [-0.15, -0.1) is 0 Å².